The van der Waals surface area contributed by atoms with Crippen LogP contribution in [-0.2, 0) is 14.9 Å². The minimum atomic E-state index is -0.0758. The molecule has 2 unspecified atom stereocenters. The SMILES string of the molecule is CCOC(=O)CCC1(c2ccc(Br)cc2)CC1C. The molecule has 18 heavy (non-hydrogen) atoms. The number of benzene rings is 1. The summed E-state index contributed by atoms with van der Waals surface area (Å²) in [5, 5.41) is 0. The lowest BCUT2D eigenvalue weighted by Gasteiger charge is -2.17. The minimum absolute atomic E-state index is 0.0758. The van der Waals surface area contributed by atoms with Crippen LogP contribution in [0.3, 0.4) is 0 Å². The van der Waals surface area contributed by atoms with Gasteiger partial charge >= 0.3 is 5.97 Å². The summed E-state index contributed by atoms with van der Waals surface area (Å²) in [6.07, 6.45) is 2.59. The lowest BCUT2D eigenvalue weighted by molar-refractivity contribution is -0.143. The molecule has 2 rings (SSSR count). The van der Waals surface area contributed by atoms with Gasteiger partial charge in [-0.2, -0.15) is 0 Å². The van der Waals surface area contributed by atoms with Crippen LogP contribution in [0.2, 0.25) is 0 Å². The molecule has 0 aromatic heterocycles. The zero-order chi connectivity index (χ0) is 13.2. The maximum Gasteiger partial charge on any atom is 0.305 e. The van der Waals surface area contributed by atoms with Crippen molar-refractivity contribution >= 4 is 21.9 Å². The molecule has 0 radical (unpaired) electrons. The molecule has 1 aromatic carbocycles. The van der Waals surface area contributed by atoms with E-state index in [0.717, 1.165) is 10.9 Å². The first-order valence-electron chi connectivity index (χ1n) is 6.50. The highest BCUT2D eigenvalue weighted by Gasteiger charge is 2.51. The maximum absolute atomic E-state index is 11.5. The zero-order valence-electron chi connectivity index (χ0n) is 10.9. The van der Waals surface area contributed by atoms with E-state index < -0.39 is 0 Å². The summed E-state index contributed by atoms with van der Waals surface area (Å²) in [5.74, 6) is 0.584. The molecule has 0 heterocycles. The summed E-state index contributed by atoms with van der Waals surface area (Å²) < 4.78 is 6.11. The van der Waals surface area contributed by atoms with Crippen LogP contribution >= 0.6 is 15.9 Å². The standard InChI is InChI=1S/C15H19BrO2/c1-3-18-14(17)8-9-15(10-11(15)2)12-4-6-13(16)7-5-12/h4-7,11H,3,8-10H2,1-2H3. The molecule has 0 N–H and O–H groups in total. The van der Waals surface area contributed by atoms with E-state index >= 15 is 0 Å². The lowest BCUT2D eigenvalue weighted by Crippen LogP contribution is -2.13. The van der Waals surface area contributed by atoms with Crippen LogP contribution in [-0.4, -0.2) is 12.6 Å². The van der Waals surface area contributed by atoms with E-state index in [1.165, 1.54) is 12.0 Å². The third-order valence-electron chi connectivity index (χ3n) is 3.95. The molecule has 2 atom stereocenters. The Hall–Kier alpha value is -0.830. The molecule has 1 aliphatic rings. The summed E-state index contributed by atoms with van der Waals surface area (Å²) >= 11 is 3.46. The van der Waals surface area contributed by atoms with Crippen molar-refractivity contribution in [2.24, 2.45) is 5.92 Å². The zero-order valence-corrected chi connectivity index (χ0v) is 12.5. The Balaban J connectivity index is 2.03. The smallest absolute Gasteiger partial charge is 0.305 e. The molecule has 1 aromatic rings. The van der Waals surface area contributed by atoms with Crippen LogP contribution in [0.1, 0.15) is 38.7 Å². The van der Waals surface area contributed by atoms with Crippen LogP contribution in [0, 0.1) is 5.92 Å². The fourth-order valence-corrected chi connectivity index (χ4v) is 2.99. The largest absolute Gasteiger partial charge is 0.466 e. The van der Waals surface area contributed by atoms with E-state index in [1.807, 2.05) is 6.92 Å². The van der Waals surface area contributed by atoms with Gasteiger partial charge in [-0.25, -0.2) is 0 Å². The number of halogens is 1. The first-order valence-corrected chi connectivity index (χ1v) is 7.29. The van der Waals surface area contributed by atoms with Gasteiger partial charge in [0.2, 0.25) is 0 Å². The molecule has 1 fully saturated rings. The Morgan fingerprint density at radius 3 is 2.56 bits per heavy atom. The van der Waals surface area contributed by atoms with Gasteiger partial charge in [0.05, 0.1) is 6.61 Å². The summed E-state index contributed by atoms with van der Waals surface area (Å²) in [6.45, 7) is 4.58. The summed E-state index contributed by atoms with van der Waals surface area (Å²) in [5.41, 5.74) is 1.55. The lowest BCUT2D eigenvalue weighted by atomic mass is 9.89. The van der Waals surface area contributed by atoms with Crippen molar-refractivity contribution in [3.8, 4) is 0 Å². The Morgan fingerprint density at radius 2 is 2.06 bits per heavy atom. The van der Waals surface area contributed by atoms with Crippen molar-refractivity contribution in [3.05, 3.63) is 34.3 Å². The number of ether oxygens (including phenoxy) is 1. The molecule has 0 saturated heterocycles. The third kappa shape index (κ3) is 2.77. The highest BCUT2D eigenvalue weighted by atomic mass is 79.9. The van der Waals surface area contributed by atoms with Crippen molar-refractivity contribution in [2.45, 2.75) is 38.5 Å². The van der Waals surface area contributed by atoms with Gasteiger partial charge in [-0.15, -0.1) is 0 Å². The third-order valence-corrected chi connectivity index (χ3v) is 4.48. The number of hydrogen-bond acceptors (Lipinski definition) is 2. The fraction of sp³-hybridized carbons (Fsp3) is 0.533. The van der Waals surface area contributed by atoms with Crippen molar-refractivity contribution in [2.75, 3.05) is 6.61 Å². The second-order valence-electron chi connectivity index (χ2n) is 5.07. The quantitative estimate of drug-likeness (QED) is 0.766. The molecule has 3 heteroatoms. The predicted octanol–water partition coefficient (Wildman–Crippen LogP) is 4.07. The number of hydrogen-bond donors (Lipinski definition) is 0. The average molecular weight is 311 g/mol. The van der Waals surface area contributed by atoms with E-state index in [4.69, 9.17) is 4.74 Å². The molecule has 0 spiro atoms. The van der Waals surface area contributed by atoms with E-state index in [-0.39, 0.29) is 11.4 Å². The highest BCUT2D eigenvalue weighted by Crippen LogP contribution is 2.57. The van der Waals surface area contributed by atoms with Gasteiger partial charge in [0.1, 0.15) is 0 Å². The van der Waals surface area contributed by atoms with Gasteiger partial charge in [0.25, 0.3) is 0 Å². The van der Waals surface area contributed by atoms with E-state index in [2.05, 4.69) is 47.1 Å². The second kappa shape index (κ2) is 5.43. The van der Waals surface area contributed by atoms with Crippen LogP contribution in [0.15, 0.2) is 28.7 Å². The second-order valence-corrected chi connectivity index (χ2v) is 5.99. The number of esters is 1. The molecule has 1 saturated carbocycles. The van der Waals surface area contributed by atoms with Crippen molar-refractivity contribution in [1.29, 1.82) is 0 Å². The highest BCUT2D eigenvalue weighted by molar-refractivity contribution is 9.10. The van der Waals surface area contributed by atoms with Gasteiger partial charge in [-0.1, -0.05) is 35.0 Å². The summed E-state index contributed by atoms with van der Waals surface area (Å²) in [4.78, 5) is 11.5. The molecule has 98 valence electrons. The van der Waals surface area contributed by atoms with Gasteiger partial charge in [0, 0.05) is 10.9 Å². The van der Waals surface area contributed by atoms with Crippen molar-refractivity contribution in [1.82, 2.24) is 0 Å². The van der Waals surface area contributed by atoms with E-state index in [0.29, 0.717) is 18.9 Å². The van der Waals surface area contributed by atoms with E-state index in [9.17, 15) is 4.79 Å². The fourth-order valence-electron chi connectivity index (χ4n) is 2.72. The summed E-state index contributed by atoms with van der Waals surface area (Å²) in [6, 6.07) is 8.48. The summed E-state index contributed by atoms with van der Waals surface area (Å²) in [7, 11) is 0. The first kappa shape index (κ1) is 13.6. The monoisotopic (exact) mass is 310 g/mol. The van der Waals surface area contributed by atoms with E-state index in [1.54, 1.807) is 0 Å². The molecule has 2 nitrogen and oxygen atoms in total. The van der Waals surface area contributed by atoms with Gasteiger partial charge in [0.15, 0.2) is 0 Å². The Labute approximate surface area is 117 Å². The molecular formula is C15H19BrO2. The maximum atomic E-state index is 11.5. The molecular weight excluding hydrogens is 292 g/mol. The normalized spacial score (nSPS) is 25.8. The van der Waals surface area contributed by atoms with Gasteiger partial charge < -0.3 is 4.74 Å². The van der Waals surface area contributed by atoms with Crippen LogP contribution < -0.4 is 0 Å². The molecule has 0 bridgehead atoms. The Morgan fingerprint density at radius 1 is 1.44 bits per heavy atom. The Kier molecular flexibility index (Phi) is 4.10. The number of carbonyl (C=O) groups excluding carboxylic acids is 1. The predicted molar refractivity (Wildman–Crippen MR) is 75.5 cm³/mol. The minimum Gasteiger partial charge on any atom is -0.466 e. The topological polar surface area (TPSA) is 26.3 Å². The Bertz CT molecular complexity index is 427. The first-order chi connectivity index (χ1) is 8.58. The van der Waals surface area contributed by atoms with Crippen LogP contribution in [0.4, 0.5) is 0 Å². The van der Waals surface area contributed by atoms with Crippen molar-refractivity contribution < 1.29 is 9.53 Å². The molecule has 1 aliphatic carbocycles. The van der Waals surface area contributed by atoms with Gasteiger partial charge in [-0.05, 0) is 48.8 Å². The van der Waals surface area contributed by atoms with Gasteiger partial charge in [-0.3, -0.25) is 4.79 Å². The average Bonchev–Trinajstić information content (AvgIpc) is 3.00. The molecule has 0 amide bonds. The molecule has 0 aliphatic heterocycles. The van der Waals surface area contributed by atoms with Crippen molar-refractivity contribution in [3.63, 3.8) is 0 Å². The number of rotatable bonds is 5. The van der Waals surface area contributed by atoms with Crippen LogP contribution in [0.5, 0.6) is 0 Å². The number of carbonyl (C=O) groups is 1. The van der Waals surface area contributed by atoms with Crippen LogP contribution in [0.25, 0.3) is 0 Å².